The Balaban J connectivity index is 2.80. The smallest absolute Gasteiger partial charge is 0.324 e. The number of rotatable bonds is 5. The van der Waals surface area contributed by atoms with Crippen molar-refractivity contribution in [3.63, 3.8) is 0 Å². The van der Waals surface area contributed by atoms with Crippen molar-refractivity contribution >= 4 is 5.97 Å². The van der Waals surface area contributed by atoms with Crippen molar-refractivity contribution in [3.8, 4) is 0 Å². The maximum atomic E-state index is 11.1. The molecule has 0 bridgehead atoms. The van der Waals surface area contributed by atoms with Crippen molar-refractivity contribution in [1.82, 2.24) is 0 Å². The topological polar surface area (TPSA) is 63.3 Å². The molecule has 0 fully saturated rings. The van der Waals surface area contributed by atoms with Crippen LogP contribution in [0.2, 0.25) is 0 Å². The molecule has 1 aromatic carbocycles. The van der Waals surface area contributed by atoms with E-state index in [1.54, 1.807) is 0 Å². The van der Waals surface area contributed by atoms with E-state index in [9.17, 15) is 4.79 Å². The van der Waals surface area contributed by atoms with Crippen LogP contribution in [0.5, 0.6) is 0 Å². The Hall–Kier alpha value is -1.35. The molecule has 0 aliphatic heterocycles. The van der Waals surface area contributed by atoms with E-state index in [0.717, 1.165) is 12.0 Å². The average molecular weight is 207 g/mol. The van der Waals surface area contributed by atoms with Gasteiger partial charge in [0.05, 0.1) is 0 Å². The monoisotopic (exact) mass is 207 g/mol. The van der Waals surface area contributed by atoms with E-state index in [1.807, 2.05) is 37.3 Å². The van der Waals surface area contributed by atoms with E-state index in [1.165, 1.54) is 0 Å². The van der Waals surface area contributed by atoms with Gasteiger partial charge >= 0.3 is 5.97 Å². The molecule has 0 amide bonds. The van der Waals surface area contributed by atoms with Crippen LogP contribution in [0.3, 0.4) is 0 Å². The van der Waals surface area contributed by atoms with Crippen LogP contribution in [0.4, 0.5) is 0 Å². The zero-order chi connectivity index (χ0) is 11.3. The van der Waals surface area contributed by atoms with E-state index < -0.39 is 11.5 Å². The van der Waals surface area contributed by atoms with Gasteiger partial charge in [0, 0.05) is 6.42 Å². The van der Waals surface area contributed by atoms with E-state index in [-0.39, 0.29) is 0 Å². The Morgan fingerprint density at radius 1 is 1.40 bits per heavy atom. The fraction of sp³-hybridized carbons (Fsp3) is 0.417. The van der Waals surface area contributed by atoms with Gasteiger partial charge < -0.3 is 10.8 Å². The third-order valence-electron chi connectivity index (χ3n) is 2.48. The molecule has 0 saturated carbocycles. The molecule has 15 heavy (non-hydrogen) atoms. The standard InChI is InChI=1S/C12H17NO2/c1-2-8-12(13,11(14)15)9-10-6-4-3-5-7-10/h3-7H,2,8-9,13H2,1H3,(H,14,15)/t12-/m1/s1. The summed E-state index contributed by atoms with van der Waals surface area (Å²) in [6, 6.07) is 9.50. The molecule has 0 radical (unpaired) electrons. The highest BCUT2D eigenvalue weighted by atomic mass is 16.4. The second-order valence-electron chi connectivity index (χ2n) is 3.87. The molecule has 3 heteroatoms. The summed E-state index contributed by atoms with van der Waals surface area (Å²) in [6.45, 7) is 1.94. The fourth-order valence-corrected chi connectivity index (χ4v) is 1.68. The van der Waals surface area contributed by atoms with Crippen molar-refractivity contribution in [2.24, 2.45) is 5.73 Å². The first kappa shape index (κ1) is 11.7. The van der Waals surface area contributed by atoms with Crippen molar-refractivity contribution in [2.75, 3.05) is 0 Å². The number of hydrogen-bond acceptors (Lipinski definition) is 2. The summed E-state index contributed by atoms with van der Waals surface area (Å²) in [5.74, 6) is -0.923. The second kappa shape index (κ2) is 4.94. The number of benzene rings is 1. The van der Waals surface area contributed by atoms with Crippen molar-refractivity contribution in [1.29, 1.82) is 0 Å². The van der Waals surface area contributed by atoms with E-state index in [0.29, 0.717) is 12.8 Å². The minimum Gasteiger partial charge on any atom is -0.480 e. The van der Waals surface area contributed by atoms with Gasteiger partial charge in [-0.05, 0) is 12.0 Å². The van der Waals surface area contributed by atoms with Crippen molar-refractivity contribution in [3.05, 3.63) is 35.9 Å². The fourth-order valence-electron chi connectivity index (χ4n) is 1.68. The third kappa shape index (κ3) is 3.06. The highest BCUT2D eigenvalue weighted by Gasteiger charge is 2.32. The maximum Gasteiger partial charge on any atom is 0.324 e. The van der Waals surface area contributed by atoms with E-state index >= 15 is 0 Å². The summed E-state index contributed by atoms with van der Waals surface area (Å²) in [5.41, 5.74) is 5.72. The summed E-state index contributed by atoms with van der Waals surface area (Å²) in [4.78, 5) is 11.1. The number of carboxylic acids is 1. The predicted octanol–water partition coefficient (Wildman–Crippen LogP) is 1.81. The predicted molar refractivity (Wildman–Crippen MR) is 59.6 cm³/mol. The maximum absolute atomic E-state index is 11.1. The van der Waals surface area contributed by atoms with Crippen LogP contribution < -0.4 is 5.73 Å². The summed E-state index contributed by atoms with van der Waals surface area (Å²) < 4.78 is 0. The number of carbonyl (C=O) groups is 1. The first-order chi connectivity index (χ1) is 7.08. The molecule has 0 aliphatic carbocycles. The Kier molecular flexibility index (Phi) is 3.86. The minimum atomic E-state index is -1.13. The molecule has 3 nitrogen and oxygen atoms in total. The highest BCUT2D eigenvalue weighted by molar-refractivity contribution is 5.78. The van der Waals surface area contributed by atoms with Gasteiger partial charge in [0.15, 0.2) is 0 Å². The van der Waals surface area contributed by atoms with Gasteiger partial charge in [0.25, 0.3) is 0 Å². The van der Waals surface area contributed by atoms with Gasteiger partial charge in [-0.2, -0.15) is 0 Å². The number of carboxylic acid groups (broad SMARTS) is 1. The lowest BCUT2D eigenvalue weighted by atomic mass is 9.88. The van der Waals surface area contributed by atoms with Crippen LogP contribution in [-0.4, -0.2) is 16.6 Å². The number of hydrogen-bond donors (Lipinski definition) is 2. The SMILES string of the molecule is CCC[C@@](N)(Cc1ccccc1)C(=O)O. The molecule has 0 saturated heterocycles. The zero-order valence-corrected chi connectivity index (χ0v) is 8.94. The molecule has 0 aromatic heterocycles. The normalized spacial score (nSPS) is 14.5. The lowest BCUT2D eigenvalue weighted by molar-refractivity contribution is -0.143. The van der Waals surface area contributed by atoms with Crippen molar-refractivity contribution < 1.29 is 9.90 Å². The summed E-state index contributed by atoms with van der Waals surface area (Å²) in [7, 11) is 0. The van der Waals surface area contributed by atoms with Gasteiger partial charge in [-0.15, -0.1) is 0 Å². The molecule has 3 N–H and O–H groups in total. The largest absolute Gasteiger partial charge is 0.480 e. The number of aliphatic carboxylic acids is 1. The van der Waals surface area contributed by atoms with Crippen LogP contribution in [0.15, 0.2) is 30.3 Å². The first-order valence-electron chi connectivity index (χ1n) is 5.14. The lowest BCUT2D eigenvalue weighted by Crippen LogP contribution is -2.49. The summed E-state index contributed by atoms with van der Waals surface area (Å²) in [5, 5.41) is 9.10. The van der Waals surface area contributed by atoms with E-state index in [2.05, 4.69) is 0 Å². The van der Waals surface area contributed by atoms with Crippen LogP contribution in [0.25, 0.3) is 0 Å². The summed E-state index contributed by atoms with van der Waals surface area (Å²) in [6.07, 6.45) is 1.66. The number of nitrogens with two attached hydrogens (primary N) is 1. The van der Waals surface area contributed by atoms with Crippen LogP contribution in [0.1, 0.15) is 25.3 Å². The molecule has 0 spiro atoms. The van der Waals surface area contributed by atoms with Gasteiger partial charge in [-0.3, -0.25) is 4.79 Å². The summed E-state index contributed by atoms with van der Waals surface area (Å²) >= 11 is 0. The van der Waals surface area contributed by atoms with Crippen molar-refractivity contribution in [2.45, 2.75) is 31.7 Å². The molecule has 0 unspecified atom stereocenters. The van der Waals surface area contributed by atoms with Crippen LogP contribution in [-0.2, 0) is 11.2 Å². The van der Waals surface area contributed by atoms with Crippen LogP contribution >= 0.6 is 0 Å². The third-order valence-corrected chi connectivity index (χ3v) is 2.48. The average Bonchev–Trinajstić information content (AvgIpc) is 2.19. The van der Waals surface area contributed by atoms with E-state index in [4.69, 9.17) is 10.8 Å². The van der Waals surface area contributed by atoms with Gasteiger partial charge in [-0.1, -0.05) is 43.7 Å². The highest BCUT2D eigenvalue weighted by Crippen LogP contribution is 2.16. The van der Waals surface area contributed by atoms with Gasteiger partial charge in [0.1, 0.15) is 5.54 Å². The molecule has 1 aromatic rings. The van der Waals surface area contributed by atoms with Crippen LogP contribution in [0, 0.1) is 0 Å². The zero-order valence-electron chi connectivity index (χ0n) is 8.94. The van der Waals surface area contributed by atoms with Gasteiger partial charge in [0.2, 0.25) is 0 Å². The quantitative estimate of drug-likeness (QED) is 0.774. The van der Waals surface area contributed by atoms with Gasteiger partial charge in [-0.25, -0.2) is 0 Å². The molecule has 0 aliphatic rings. The molecule has 1 rings (SSSR count). The Morgan fingerprint density at radius 2 is 2.00 bits per heavy atom. The lowest BCUT2D eigenvalue weighted by Gasteiger charge is -2.24. The molecule has 82 valence electrons. The Morgan fingerprint density at radius 3 is 2.47 bits per heavy atom. The minimum absolute atomic E-state index is 0.386. The molecular formula is C12H17NO2. The Labute approximate surface area is 89.9 Å². The molecular weight excluding hydrogens is 190 g/mol. The second-order valence-corrected chi connectivity index (χ2v) is 3.87. The molecule has 0 heterocycles. The Bertz CT molecular complexity index is 324. The molecule has 1 atom stereocenters. The first-order valence-corrected chi connectivity index (χ1v) is 5.14.